The van der Waals surface area contributed by atoms with E-state index in [1.54, 1.807) is 41.3 Å². The van der Waals surface area contributed by atoms with Gasteiger partial charge >= 0.3 is 5.97 Å². The second-order valence-corrected chi connectivity index (χ2v) is 4.58. The average molecular weight is 281 g/mol. The fraction of sp³-hybridized carbons (Fsp3) is 0.125. The molecule has 5 heteroatoms. The van der Waals surface area contributed by atoms with Gasteiger partial charge in [-0.2, -0.15) is 5.26 Å². The first-order chi connectivity index (χ1) is 10.1. The Morgan fingerprint density at radius 2 is 1.86 bits per heavy atom. The molecular formula is C16H15N3O2. The molecule has 0 aliphatic rings. The lowest BCUT2D eigenvalue weighted by Crippen LogP contribution is -2.30. The molecule has 0 saturated carbocycles. The van der Waals surface area contributed by atoms with Crippen LogP contribution in [0, 0.1) is 11.3 Å². The van der Waals surface area contributed by atoms with Crippen molar-refractivity contribution in [2.75, 3.05) is 17.2 Å². The van der Waals surface area contributed by atoms with E-state index in [4.69, 9.17) is 16.1 Å². The van der Waals surface area contributed by atoms with Gasteiger partial charge in [-0.05, 0) is 23.8 Å². The Kier molecular flexibility index (Phi) is 4.42. The number of para-hydroxylation sites is 2. The normalized spacial score (nSPS) is 9.86. The van der Waals surface area contributed by atoms with Crippen LogP contribution < -0.4 is 10.6 Å². The number of hydrogen-bond donors (Lipinski definition) is 2. The molecule has 0 unspecified atom stereocenters. The summed E-state index contributed by atoms with van der Waals surface area (Å²) in [5, 5.41) is 18.2. The van der Waals surface area contributed by atoms with Gasteiger partial charge in [0.05, 0.1) is 23.0 Å². The van der Waals surface area contributed by atoms with Gasteiger partial charge in [-0.15, -0.1) is 0 Å². The van der Waals surface area contributed by atoms with E-state index < -0.39 is 5.97 Å². The van der Waals surface area contributed by atoms with Crippen molar-refractivity contribution in [1.29, 1.82) is 5.26 Å². The minimum atomic E-state index is -0.951. The van der Waals surface area contributed by atoms with Crippen LogP contribution in [-0.2, 0) is 11.3 Å². The van der Waals surface area contributed by atoms with E-state index in [-0.39, 0.29) is 6.54 Å². The number of aliphatic carboxylic acids is 1. The van der Waals surface area contributed by atoms with Crippen molar-refractivity contribution in [1.82, 2.24) is 0 Å². The van der Waals surface area contributed by atoms with Crippen molar-refractivity contribution in [3.05, 3.63) is 59.7 Å². The molecule has 3 N–H and O–H groups in total. The van der Waals surface area contributed by atoms with Crippen molar-refractivity contribution >= 4 is 17.3 Å². The number of hydrogen-bond acceptors (Lipinski definition) is 4. The molecular weight excluding hydrogens is 266 g/mol. The second kappa shape index (κ2) is 6.44. The number of nitrogens with two attached hydrogens (primary N) is 1. The first-order valence-electron chi connectivity index (χ1n) is 6.41. The molecule has 0 bridgehead atoms. The number of nitrogen functional groups attached to an aromatic ring is 1. The molecule has 0 heterocycles. The summed E-state index contributed by atoms with van der Waals surface area (Å²) >= 11 is 0. The van der Waals surface area contributed by atoms with E-state index in [9.17, 15) is 4.79 Å². The molecule has 2 aromatic carbocycles. The molecule has 2 aromatic rings. The maximum atomic E-state index is 11.1. The minimum Gasteiger partial charge on any atom is -0.480 e. The molecule has 106 valence electrons. The van der Waals surface area contributed by atoms with Crippen LogP contribution in [0.1, 0.15) is 11.1 Å². The number of nitrogens with zero attached hydrogens (tertiary/aromatic N) is 2. The molecule has 5 nitrogen and oxygen atoms in total. The topological polar surface area (TPSA) is 90.3 Å². The predicted octanol–water partition coefficient (Wildman–Crippen LogP) is 2.23. The number of anilines is 2. The number of nitriles is 1. The molecule has 0 aliphatic carbocycles. The van der Waals surface area contributed by atoms with Crippen molar-refractivity contribution in [3.8, 4) is 6.07 Å². The maximum absolute atomic E-state index is 11.1. The van der Waals surface area contributed by atoms with Gasteiger partial charge in [0, 0.05) is 6.54 Å². The SMILES string of the molecule is N#Cc1ccccc1CN(CC(=O)O)c1ccccc1N. The summed E-state index contributed by atoms with van der Waals surface area (Å²) in [4.78, 5) is 12.7. The Morgan fingerprint density at radius 3 is 2.52 bits per heavy atom. The lowest BCUT2D eigenvalue weighted by atomic mass is 10.1. The Bertz CT molecular complexity index is 692. The van der Waals surface area contributed by atoms with E-state index in [2.05, 4.69) is 6.07 Å². The quantitative estimate of drug-likeness (QED) is 0.820. The zero-order valence-electron chi connectivity index (χ0n) is 11.4. The minimum absolute atomic E-state index is 0.187. The predicted molar refractivity (Wildman–Crippen MR) is 80.7 cm³/mol. The van der Waals surface area contributed by atoms with E-state index in [0.29, 0.717) is 23.5 Å². The zero-order chi connectivity index (χ0) is 15.2. The van der Waals surface area contributed by atoms with Crippen LogP contribution in [0.5, 0.6) is 0 Å². The van der Waals surface area contributed by atoms with Gasteiger partial charge < -0.3 is 15.7 Å². The van der Waals surface area contributed by atoms with E-state index in [1.807, 2.05) is 12.1 Å². The Balaban J connectivity index is 2.36. The molecule has 0 amide bonds. The molecule has 21 heavy (non-hydrogen) atoms. The highest BCUT2D eigenvalue weighted by Gasteiger charge is 2.15. The summed E-state index contributed by atoms with van der Waals surface area (Å²) in [5.74, 6) is -0.951. The van der Waals surface area contributed by atoms with E-state index in [0.717, 1.165) is 5.56 Å². The first kappa shape index (κ1) is 14.4. The van der Waals surface area contributed by atoms with Crippen LogP contribution in [0.3, 0.4) is 0 Å². The average Bonchev–Trinajstić information content (AvgIpc) is 2.47. The van der Waals surface area contributed by atoms with Gasteiger partial charge in [0.1, 0.15) is 6.54 Å². The van der Waals surface area contributed by atoms with Crippen LogP contribution in [0.25, 0.3) is 0 Å². The van der Waals surface area contributed by atoms with Crippen molar-refractivity contribution in [2.45, 2.75) is 6.54 Å². The molecule has 0 aromatic heterocycles. The van der Waals surface area contributed by atoms with Gasteiger partial charge in [0.25, 0.3) is 0 Å². The highest BCUT2D eigenvalue weighted by molar-refractivity contribution is 5.77. The van der Waals surface area contributed by atoms with Crippen LogP contribution in [0.4, 0.5) is 11.4 Å². The van der Waals surface area contributed by atoms with Gasteiger partial charge in [-0.25, -0.2) is 0 Å². The monoisotopic (exact) mass is 281 g/mol. The van der Waals surface area contributed by atoms with Crippen LogP contribution in [0.15, 0.2) is 48.5 Å². The lowest BCUT2D eigenvalue weighted by molar-refractivity contribution is -0.135. The fourth-order valence-electron chi connectivity index (χ4n) is 2.14. The summed E-state index contributed by atoms with van der Waals surface area (Å²) in [6.45, 7) is 0.123. The highest BCUT2D eigenvalue weighted by atomic mass is 16.4. The van der Waals surface area contributed by atoms with Gasteiger partial charge in [0.15, 0.2) is 0 Å². The third-order valence-corrected chi connectivity index (χ3v) is 3.10. The molecule has 0 atom stereocenters. The van der Waals surface area contributed by atoms with Crippen molar-refractivity contribution < 1.29 is 9.90 Å². The van der Waals surface area contributed by atoms with E-state index in [1.165, 1.54) is 0 Å². The van der Waals surface area contributed by atoms with Gasteiger partial charge in [-0.1, -0.05) is 30.3 Å². The summed E-state index contributed by atoms with van der Waals surface area (Å²) in [7, 11) is 0. The molecule has 0 saturated heterocycles. The summed E-state index contributed by atoms with van der Waals surface area (Å²) < 4.78 is 0. The number of rotatable bonds is 5. The molecule has 0 aliphatic heterocycles. The third kappa shape index (κ3) is 3.51. The molecule has 0 radical (unpaired) electrons. The largest absolute Gasteiger partial charge is 0.480 e. The number of carboxylic acid groups (broad SMARTS) is 1. The Labute approximate surface area is 122 Å². The Morgan fingerprint density at radius 1 is 1.19 bits per heavy atom. The number of benzene rings is 2. The maximum Gasteiger partial charge on any atom is 0.323 e. The smallest absolute Gasteiger partial charge is 0.323 e. The highest BCUT2D eigenvalue weighted by Crippen LogP contribution is 2.24. The fourth-order valence-corrected chi connectivity index (χ4v) is 2.14. The summed E-state index contributed by atoms with van der Waals surface area (Å²) in [6, 6.07) is 16.3. The summed E-state index contributed by atoms with van der Waals surface area (Å²) in [6.07, 6.45) is 0. The first-order valence-corrected chi connectivity index (χ1v) is 6.41. The van der Waals surface area contributed by atoms with Gasteiger partial charge in [0.2, 0.25) is 0 Å². The van der Waals surface area contributed by atoms with E-state index >= 15 is 0 Å². The lowest BCUT2D eigenvalue weighted by Gasteiger charge is -2.24. The van der Waals surface area contributed by atoms with Crippen molar-refractivity contribution in [3.63, 3.8) is 0 Å². The van der Waals surface area contributed by atoms with Crippen LogP contribution in [0.2, 0.25) is 0 Å². The zero-order valence-corrected chi connectivity index (χ0v) is 11.4. The number of carboxylic acids is 1. The van der Waals surface area contributed by atoms with Crippen LogP contribution >= 0.6 is 0 Å². The standard InChI is InChI=1S/C16H15N3O2/c17-9-12-5-1-2-6-13(12)10-19(11-16(20)21)15-8-4-3-7-14(15)18/h1-8H,10-11,18H2,(H,20,21). The van der Waals surface area contributed by atoms with Gasteiger partial charge in [-0.3, -0.25) is 4.79 Å². The molecule has 0 fully saturated rings. The Hall–Kier alpha value is -3.00. The number of carbonyl (C=O) groups is 1. The molecule has 0 spiro atoms. The van der Waals surface area contributed by atoms with Crippen molar-refractivity contribution in [2.24, 2.45) is 0 Å². The second-order valence-electron chi connectivity index (χ2n) is 4.58. The third-order valence-electron chi connectivity index (χ3n) is 3.10. The summed E-state index contributed by atoms with van der Waals surface area (Å²) in [5.41, 5.74) is 8.37. The van der Waals surface area contributed by atoms with Crippen LogP contribution in [-0.4, -0.2) is 17.6 Å². The molecule has 2 rings (SSSR count).